The Bertz CT molecular complexity index is 583. The number of thioether (sulfide) groups is 1. The average Bonchev–Trinajstić information content (AvgIpc) is 2.77. The van der Waals surface area contributed by atoms with Gasteiger partial charge in [-0.3, -0.25) is 4.79 Å². The summed E-state index contributed by atoms with van der Waals surface area (Å²) in [7, 11) is 0. The molecule has 2 rings (SSSR count). The number of carbonyl (C=O) groups excluding carboxylic acids is 1. The third-order valence-corrected chi connectivity index (χ3v) is 4.77. The fraction of sp³-hybridized carbons (Fsp3) is 0.0833. The molecule has 0 aliphatic carbocycles. The first-order chi connectivity index (χ1) is 8.56. The largest absolute Gasteiger partial charge is 0.292 e. The van der Waals surface area contributed by atoms with Crippen LogP contribution in [0.25, 0.3) is 0 Å². The zero-order chi connectivity index (χ0) is 13.1. The van der Waals surface area contributed by atoms with Crippen LogP contribution in [0.3, 0.4) is 0 Å². The number of thiophene rings is 1. The summed E-state index contributed by atoms with van der Waals surface area (Å²) < 4.78 is 26.6. The third-order valence-electron chi connectivity index (χ3n) is 2.11. The minimum absolute atomic E-state index is 0.0274. The molecule has 1 aromatic carbocycles. The molecule has 0 amide bonds. The number of ketones is 1. The summed E-state index contributed by atoms with van der Waals surface area (Å²) in [6, 6.07) is 7.16. The number of Topliss-reactive ketones (excluding diaryl/α,β-unsaturated/α-hetero) is 1. The summed E-state index contributed by atoms with van der Waals surface area (Å²) in [5.41, 5.74) is 0. The van der Waals surface area contributed by atoms with E-state index in [1.165, 1.54) is 29.2 Å². The van der Waals surface area contributed by atoms with Crippen molar-refractivity contribution in [1.82, 2.24) is 0 Å². The van der Waals surface area contributed by atoms with Crippen LogP contribution in [-0.4, -0.2) is 11.5 Å². The van der Waals surface area contributed by atoms with Gasteiger partial charge >= 0.3 is 0 Å². The van der Waals surface area contributed by atoms with Gasteiger partial charge in [0.15, 0.2) is 17.4 Å². The molecule has 0 unspecified atom stereocenters. The monoisotopic (exact) mass is 348 g/mol. The maximum atomic E-state index is 13.0. The fourth-order valence-electron chi connectivity index (χ4n) is 1.25. The minimum Gasteiger partial charge on any atom is -0.292 e. The van der Waals surface area contributed by atoms with Crippen molar-refractivity contribution in [3.63, 3.8) is 0 Å². The van der Waals surface area contributed by atoms with Gasteiger partial charge in [-0.15, -0.1) is 23.1 Å². The number of halogens is 3. The molecule has 0 N–H and O–H groups in total. The predicted molar refractivity (Wildman–Crippen MR) is 73.4 cm³/mol. The van der Waals surface area contributed by atoms with Gasteiger partial charge in [0, 0.05) is 4.90 Å². The van der Waals surface area contributed by atoms with Crippen molar-refractivity contribution in [2.75, 3.05) is 5.75 Å². The molecular formula is C12H7BrF2OS2. The highest BCUT2D eigenvalue weighted by Gasteiger charge is 2.10. The van der Waals surface area contributed by atoms with Crippen molar-refractivity contribution in [3.8, 4) is 0 Å². The molecule has 0 bridgehead atoms. The molecule has 0 radical (unpaired) electrons. The van der Waals surface area contributed by atoms with Crippen LogP contribution >= 0.6 is 39.0 Å². The van der Waals surface area contributed by atoms with Gasteiger partial charge in [-0.05, 0) is 46.3 Å². The van der Waals surface area contributed by atoms with Crippen LogP contribution in [0, 0.1) is 11.6 Å². The van der Waals surface area contributed by atoms with Crippen molar-refractivity contribution >= 4 is 44.8 Å². The van der Waals surface area contributed by atoms with E-state index in [0.717, 1.165) is 15.9 Å². The van der Waals surface area contributed by atoms with Gasteiger partial charge < -0.3 is 0 Å². The smallest absolute Gasteiger partial charge is 0.183 e. The molecule has 0 aliphatic heterocycles. The van der Waals surface area contributed by atoms with Crippen LogP contribution in [0.5, 0.6) is 0 Å². The Morgan fingerprint density at radius 1 is 1.22 bits per heavy atom. The van der Waals surface area contributed by atoms with Crippen molar-refractivity contribution in [2.45, 2.75) is 4.90 Å². The van der Waals surface area contributed by atoms with E-state index in [-0.39, 0.29) is 11.5 Å². The first-order valence-electron chi connectivity index (χ1n) is 4.92. The van der Waals surface area contributed by atoms with E-state index in [0.29, 0.717) is 9.77 Å². The quantitative estimate of drug-likeness (QED) is 0.585. The molecule has 18 heavy (non-hydrogen) atoms. The number of hydrogen-bond donors (Lipinski definition) is 0. The van der Waals surface area contributed by atoms with Crippen LogP contribution in [0.4, 0.5) is 8.78 Å². The summed E-state index contributed by atoms with van der Waals surface area (Å²) in [5.74, 6) is -1.60. The lowest BCUT2D eigenvalue weighted by atomic mass is 10.3. The van der Waals surface area contributed by atoms with E-state index >= 15 is 0 Å². The molecule has 0 saturated heterocycles. The van der Waals surface area contributed by atoms with E-state index in [4.69, 9.17) is 0 Å². The summed E-state index contributed by atoms with van der Waals surface area (Å²) in [6.45, 7) is 0. The first kappa shape index (κ1) is 13.7. The van der Waals surface area contributed by atoms with Crippen LogP contribution in [0.2, 0.25) is 0 Å². The van der Waals surface area contributed by atoms with Gasteiger partial charge in [-0.1, -0.05) is 0 Å². The number of hydrogen-bond acceptors (Lipinski definition) is 3. The highest BCUT2D eigenvalue weighted by Crippen LogP contribution is 2.26. The van der Waals surface area contributed by atoms with E-state index in [9.17, 15) is 13.6 Å². The first-order valence-corrected chi connectivity index (χ1v) is 7.52. The minimum atomic E-state index is -0.897. The van der Waals surface area contributed by atoms with Crippen molar-refractivity contribution in [1.29, 1.82) is 0 Å². The highest BCUT2D eigenvalue weighted by atomic mass is 79.9. The van der Waals surface area contributed by atoms with E-state index in [1.54, 1.807) is 12.1 Å². The highest BCUT2D eigenvalue weighted by molar-refractivity contribution is 9.11. The molecule has 0 fully saturated rings. The Labute approximate surface area is 119 Å². The SMILES string of the molecule is O=C(CSc1ccc(F)c(F)c1)c1ccc(Br)s1. The summed E-state index contributed by atoms with van der Waals surface area (Å²) in [6.07, 6.45) is 0. The Morgan fingerprint density at radius 3 is 2.61 bits per heavy atom. The predicted octanol–water partition coefficient (Wildman–Crippen LogP) is 4.76. The van der Waals surface area contributed by atoms with E-state index in [2.05, 4.69) is 15.9 Å². The lowest BCUT2D eigenvalue weighted by molar-refractivity contribution is 0.102. The molecule has 0 atom stereocenters. The Kier molecular flexibility index (Phi) is 4.53. The van der Waals surface area contributed by atoms with Crippen molar-refractivity contribution < 1.29 is 13.6 Å². The van der Waals surface area contributed by atoms with Gasteiger partial charge in [-0.25, -0.2) is 8.78 Å². The fourth-order valence-corrected chi connectivity index (χ4v) is 3.47. The summed E-state index contributed by atoms with van der Waals surface area (Å²) in [5, 5.41) is 0. The summed E-state index contributed by atoms with van der Waals surface area (Å²) in [4.78, 5) is 13.0. The Hall–Kier alpha value is -0.720. The van der Waals surface area contributed by atoms with Crippen molar-refractivity contribution in [2.24, 2.45) is 0 Å². The maximum absolute atomic E-state index is 13.0. The van der Waals surface area contributed by atoms with Crippen LogP contribution < -0.4 is 0 Å². The molecule has 0 spiro atoms. The van der Waals surface area contributed by atoms with Gasteiger partial charge in [0.25, 0.3) is 0 Å². The molecule has 2 aromatic rings. The lowest BCUT2D eigenvalue weighted by Crippen LogP contribution is -1.99. The Morgan fingerprint density at radius 2 is 2.00 bits per heavy atom. The summed E-state index contributed by atoms with van der Waals surface area (Å²) >= 11 is 5.83. The van der Waals surface area contributed by atoms with Gasteiger partial charge in [0.2, 0.25) is 0 Å². The average molecular weight is 349 g/mol. The second-order valence-electron chi connectivity index (χ2n) is 3.39. The van der Waals surface area contributed by atoms with E-state index in [1.807, 2.05) is 0 Å². The molecule has 94 valence electrons. The normalized spacial score (nSPS) is 10.6. The molecule has 1 aromatic heterocycles. The molecule has 0 aliphatic rings. The Balaban J connectivity index is 1.99. The zero-order valence-electron chi connectivity index (χ0n) is 8.95. The standard InChI is InChI=1S/C12H7BrF2OS2/c13-12-4-3-11(18-12)10(16)6-17-7-1-2-8(14)9(15)5-7/h1-5H,6H2. The van der Waals surface area contributed by atoms with Crippen LogP contribution in [0.15, 0.2) is 39.0 Å². The molecule has 1 heterocycles. The van der Waals surface area contributed by atoms with Crippen molar-refractivity contribution in [3.05, 3.63) is 50.6 Å². The number of benzene rings is 1. The van der Waals surface area contributed by atoms with Gasteiger partial charge in [0.05, 0.1) is 14.4 Å². The van der Waals surface area contributed by atoms with E-state index < -0.39 is 11.6 Å². The molecule has 1 nitrogen and oxygen atoms in total. The van der Waals surface area contributed by atoms with Gasteiger partial charge in [-0.2, -0.15) is 0 Å². The number of carbonyl (C=O) groups is 1. The third kappa shape index (κ3) is 3.40. The lowest BCUT2D eigenvalue weighted by Gasteiger charge is -2.00. The number of rotatable bonds is 4. The zero-order valence-corrected chi connectivity index (χ0v) is 12.2. The maximum Gasteiger partial charge on any atom is 0.183 e. The molecule has 0 saturated carbocycles. The molecule has 6 heteroatoms. The van der Waals surface area contributed by atoms with Crippen LogP contribution in [-0.2, 0) is 0 Å². The van der Waals surface area contributed by atoms with Crippen LogP contribution in [0.1, 0.15) is 9.67 Å². The molecular weight excluding hydrogens is 342 g/mol. The van der Waals surface area contributed by atoms with Gasteiger partial charge in [0.1, 0.15) is 0 Å². The second kappa shape index (κ2) is 5.95. The second-order valence-corrected chi connectivity index (χ2v) is 6.90. The topological polar surface area (TPSA) is 17.1 Å².